The van der Waals surface area contributed by atoms with Crippen molar-refractivity contribution in [2.24, 2.45) is 11.8 Å². The molecule has 1 saturated heterocycles. The maximum atomic E-state index is 9.79. The molecular weight excluding hydrogens is 174 g/mol. The third-order valence-corrected chi connectivity index (χ3v) is 3.92. The minimum absolute atomic E-state index is 0.157. The maximum Gasteiger partial charge on any atom is 0.0690 e. The highest BCUT2D eigenvalue weighted by molar-refractivity contribution is 4.81. The molecule has 14 heavy (non-hydrogen) atoms. The summed E-state index contributed by atoms with van der Waals surface area (Å²) in [6, 6.07) is 0.329. The van der Waals surface area contributed by atoms with Crippen molar-refractivity contribution in [1.29, 1.82) is 0 Å². The number of nitrogens with zero attached hydrogens (tertiary/aromatic N) is 1. The topological polar surface area (TPSA) is 23.5 Å². The Morgan fingerprint density at radius 2 is 2.00 bits per heavy atom. The lowest BCUT2D eigenvalue weighted by molar-refractivity contribution is 0.0215. The van der Waals surface area contributed by atoms with Crippen molar-refractivity contribution in [3.05, 3.63) is 0 Å². The second-order valence-corrected chi connectivity index (χ2v) is 4.95. The van der Waals surface area contributed by atoms with Crippen LogP contribution in [0.1, 0.15) is 40.5 Å². The van der Waals surface area contributed by atoms with E-state index in [-0.39, 0.29) is 6.10 Å². The van der Waals surface area contributed by atoms with E-state index in [9.17, 15) is 5.11 Å². The molecule has 0 amide bonds. The molecule has 0 saturated carbocycles. The fourth-order valence-corrected chi connectivity index (χ4v) is 2.25. The molecule has 2 nitrogen and oxygen atoms in total. The highest BCUT2D eigenvalue weighted by Crippen LogP contribution is 2.24. The van der Waals surface area contributed by atoms with E-state index in [0.29, 0.717) is 6.04 Å². The van der Waals surface area contributed by atoms with Crippen LogP contribution in [0.4, 0.5) is 0 Å². The first-order valence-corrected chi connectivity index (χ1v) is 5.98. The zero-order valence-electron chi connectivity index (χ0n) is 10.0. The Morgan fingerprint density at radius 1 is 1.36 bits per heavy atom. The van der Waals surface area contributed by atoms with E-state index in [4.69, 9.17) is 0 Å². The van der Waals surface area contributed by atoms with Crippen molar-refractivity contribution >= 4 is 0 Å². The van der Waals surface area contributed by atoms with Crippen molar-refractivity contribution in [1.82, 2.24) is 4.90 Å². The van der Waals surface area contributed by atoms with Crippen LogP contribution in [-0.2, 0) is 0 Å². The van der Waals surface area contributed by atoms with E-state index < -0.39 is 0 Å². The standard InChI is InChI=1S/C12H25NO/c1-5-12(14)11(4)13-7-6-9(2)10(3)8-13/h9-12,14H,5-8H2,1-4H3. The summed E-state index contributed by atoms with van der Waals surface area (Å²) in [6.45, 7) is 11.2. The van der Waals surface area contributed by atoms with E-state index in [0.717, 1.165) is 31.3 Å². The normalized spacial score (nSPS) is 34.1. The molecule has 0 aromatic rings. The third-order valence-electron chi connectivity index (χ3n) is 3.92. The Morgan fingerprint density at radius 3 is 2.50 bits per heavy atom. The molecule has 1 heterocycles. The first-order chi connectivity index (χ1) is 6.56. The maximum absolute atomic E-state index is 9.79. The van der Waals surface area contributed by atoms with Crippen LogP contribution in [0.5, 0.6) is 0 Å². The summed E-state index contributed by atoms with van der Waals surface area (Å²) in [5, 5.41) is 9.79. The largest absolute Gasteiger partial charge is 0.392 e. The second kappa shape index (κ2) is 5.13. The Balaban J connectivity index is 2.45. The zero-order chi connectivity index (χ0) is 10.7. The number of hydrogen-bond donors (Lipinski definition) is 1. The van der Waals surface area contributed by atoms with Crippen molar-refractivity contribution in [2.75, 3.05) is 13.1 Å². The lowest BCUT2D eigenvalue weighted by Gasteiger charge is -2.40. The van der Waals surface area contributed by atoms with Gasteiger partial charge in [-0.15, -0.1) is 0 Å². The molecule has 1 aliphatic rings. The monoisotopic (exact) mass is 199 g/mol. The molecule has 1 rings (SSSR count). The van der Waals surface area contributed by atoms with E-state index in [1.165, 1.54) is 6.42 Å². The summed E-state index contributed by atoms with van der Waals surface area (Å²) in [5.74, 6) is 1.62. The van der Waals surface area contributed by atoms with Crippen LogP contribution in [0.2, 0.25) is 0 Å². The quantitative estimate of drug-likeness (QED) is 0.752. The van der Waals surface area contributed by atoms with E-state index in [1.54, 1.807) is 0 Å². The van der Waals surface area contributed by atoms with Gasteiger partial charge in [-0.25, -0.2) is 0 Å². The van der Waals surface area contributed by atoms with E-state index in [1.807, 2.05) is 0 Å². The Bertz CT molecular complexity index is 172. The summed E-state index contributed by atoms with van der Waals surface area (Å²) in [4.78, 5) is 2.44. The molecule has 2 heteroatoms. The van der Waals surface area contributed by atoms with Gasteiger partial charge in [0.25, 0.3) is 0 Å². The van der Waals surface area contributed by atoms with Gasteiger partial charge in [0, 0.05) is 12.6 Å². The summed E-state index contributed by atoms with van der Waals surface area (Å²) >= 11 is 0. The molecule has 0 aromatic carbocycles. The second-order valence-electron chi connectivity index (χ2n) is 4.95. The predicted molar refractivity (Wildman–Crippen MR) is 60.3 cm³/mol. The van der Waals surface area contributed by atoms with Crippen molar-refractivity contribution < 1.29 is 5.11 Å². The zero-order valence-corrected chi connectivity index (χ0v) is 10.0. The van der Waals surface area contributed by atoms with Crippen LogP contribution in [0.15, 0.2) is 0 Å². The molecule has 4 atom stereocenters. The van der Waals surface area contributed by atoms with Crippen molar-refractivity contribution in [3.63, 3.8) is 0 Å². The first-order valence-electron chi connectivity index (χ1n) is 5.98. The predicted octanol–water partition coefficient (Wildman–Crippen LogP) is 2.12. The van der Waals surface area contributed by atoms with Gasteiger partial charge in [0.1, 0.15) is 0 Å². The Labute approximate surface area is 88.3 Å². The number of rotatable bonds is 3. The highest BCUT2D eigenvalue weighted by atomic mass is 16.3. The van der Waals surface area contributed by atoms with Crippen molar-refractivity contribution in [2.45, 2.75) is 52.7 Å². The smallest absolute Gasteiger partial charge is 0.0690 e. The Kier molecular flexibility index (Phi) is 4.39. The van der Waals surface area contributed by atoms with Crippen LogP contribution >= 0.6 is 0 Å². The van der Waals surface area contributed by atoms with Crippen LogP contribution < -0.4 is 0 Å². The number of piperidine rings is 1. The lowest BCUT2D eigenvalue weighted by Crippen LogP contribution is -2.48. The Hall–Kier alpha value is -0.0800. The van der Waals surface area contributed by atoms with Crippen LogP contribution in [-0.4, -0.2) is 35.2 Å². The fourth-order valence-electron chi connectivity index (χ4n) is 2.25. The van der Waals surface area contributed by atoms with Crippen LogP contribution in [0.3, 0.4) is 0 Å². The van der Waals surface area contributed by atoms with Gasteiger partial charge in [-0.2, -0.15) is 0 Å². The number of aliphatic hydroxyl groups is 1. The molecule has 0 bridgehead atoms. The number of hydrogen-bond acceptors (Lipinski definition) is 2. The minimum Gasteiger partial charge on any atom is -0.392 e. The van der Waals surface area contributed by atoms with Gasteiger partial charge in [0.2, 0.25) is 0 Å². The average molecular weight is 199 g/mol. The molecule has 0 spiro atoms. The van der Waals surface area contributed by atoms with E-state index >= 15 is 0 Å². The molecule has 84 valence electrons. The third kappa shape index (κ3) is 2.71. The molecule has 1 aliphatic heterocycles. The summed E-state index contributed by atoms with van der Waals surface area (Å²) in [7, 11) is 0. The molecule has 0 aromatic heterocycles. The average Bonchev–Trinajstić information content (AvgIpc) is 2.20. The molecule has 0 aliphatic carbocycles. The van der Waals surface area contributed by atoms with Gasteiger partial charge in [-0.3, -0.25) is 4.90 Å². The summed E-state index contributed by atoms with van der Waals surface area (Å²) in [6.07, 6.45) is 1.99. The number of aliphatic hydroxyl groups excluding tert-OH is 1. The first kappa shape index (κ1) is 12.0. The van der Waals surface area contributed by atoms with Crippen molar-refractivity contribution in [3.8, 4) is 0 Å². The summed E-state index contributed by atoms with van der Waals surface area (Å²) in [5.41, 5.74) is 0. The number of likely N-dealkylation sites (tertiary alicyclic amines) is 1. The lowest BCUT2D eigenvalue weighted by atomic mass is 9.87. The highest BCUT2D eigenvalue weighted by Gasteiger charge is 2.28. The minimum atomic E-state index is -0.157. The summed E-state index contributed by atoms with van der Waals surface area (Å²) < 4.78 is 0. The fraction of sp³-hybridized carbons (Fsp3) is 1.00. The molecular formula is C12H25NO. The van der Waals surface area contributed by atoms with E-state index in [2.05, 4.69) is 32.6 Å². The van der Waals surface area contributed by atoms with Gasteiger partial charge >= 0.3 is 0 Å². The molecule has 1 N–H and O–H groups in total. The molecule has 0 radical (unpaired) electrons. The van der Waals surface area contributed by atoms with Crippen LogP contribution in [0, 0.1) is 11.8 Å². The van der Waals surface area contributed by atoms with Gasteiger partial charge in [-0.1, -0.05) is 20.8 Å². The van der Waals surface area contributed by atoms with Crippen LogP contribution in [0.25, 0.3) is 0 Å². The molecule has 4 unspecified atom stereocenters. The van der Waals surface area contributed by atoms with Gasteiger partial charge < -0.3 is 5.11 Å². The van der Waals surface area contributed by atoms with Gasteiger partial charge in [0.15, 0.2) is 0 Å². The molecule has 1 fully saturated rings. The van der Waals surface area contributed by atoms with Gasteiger partial charge in [-0.05, 0) is 38.1 Å². The van der Waals surface area contributed by atoms with Gasteiger partial charge in [0.05, 0.1) is 6.10 Å². The SMILES string of the molecule is CCC(O)C(C)N1CCC(C)C(C)C1.